The average Bonchev–Trinajstić information content (AvgIpc) is 2.92. The van der Waals surface area contributed by atoms with Crippen LogP contribution in [0.2, 0.25) is 0 Å². The Balaban J connectivity index is 1.48. The van der Waals surface area contributed by atoms with Crippen LogP contribution in [0.3, 0.4) is 0 Å². The minimum Gasteiger partial charge on any atom is -0.388 e. The molecule has 0 heterocycles. The van der Waals surface area contributed by atoms with Crippen LogP contribution in [0, 0.1) is 17.7 Å². The molecule has 0 aliphatic carbocycles. The molecule has 0 saturated heterocycles. The van der Waals surface area contributed by atoms with Gasteiger partial charge in [-0.1, -0.05) is 24.0 Å². The van der Waals surface area contributed by atoms with E-state index >= 15 is 0 Å². The highest BCUT2D eigenvalue weighted by Crippen LogP contribution is 2.12. The molecule has 0 unspecified atom stereocenters. The Morgan fingerprint density at radius 3 is 2.05 bits per heavy atom. The summed E-state index contributed by atoms with van der Waals surface area (Å²) in [5.74, 6) is 4.66. The second kappa shape index (κ2) is 13.7. The number of nitrogens with one attached hydrogen (secondary N) is 2. The van der Waals surface area contributed by atoms with E-state index in [-0.39, 0.29) is 18.3 Å². The highest BCUT2D eigenvalue weighted by atomic mass is 19.1. The van der Waals surface area contributed by atoms with Crippen molar-refractivity contribution in [2.75, 3.05) is 18.5 Å². The number of aliphatic hydroxyl groups excluding tert-OH is 1. The maximum absolute atomic E-state index is 13.0. The van der Waals surface area contributed by atoms with Crippen LogP contribution in [0.15, 0.2) is 72.8 Å². The number of hydrogen-bond donors (Lipinski definition) is 4. The largest absolute Gasteiger partial charge is 0.388 e. The van der Waals surface area contributed by atoms with E-state index in [4.69, 9.17) is 10.8 Å². The van der Waals surface area contributed by atoms with Crippen LogP contribution in [0.25, 0.3) is 0 Å². The van der Waals surface area contributed by atoms with Gasteiger partial charge in [-0.15, -0.1) is 0 Å². The number of nitrogens with two attached hydrogens (primary N) is 1. The third-order valence-electron chi connectivity index (χ3n) is 5.53. The molecule has 8 heteroatoms. The van der Waals surface area contributed by atoms with Crippen LogP contribution in [-0.4, -0.2) is 41.9 Å². The number of carbonyl (C=O) groups is 3. The summed E-state index contributed by atoms with van der Waals surface area (Å²) in [7, 11) is 0. The maximum Gasteiger partial charge on any atom is 0.251 e. The van der Waals surface area contributed by atoms with E-state index in [1.54, 1.807) is 60.7 Å². The molecule has 37 heavy (non-hydrogen) atoms. The van der Waals surface area contributed by atoms with Gasteiger partial charge in [-0.3, -0.25) is 14.4 Å². The predicted molar refractivity (Wildman–Crippen MR) is 139 cm³/mol. The number of aliphatic hydroxyl groups is 1. The third kappa shape index (κ3) is 8.69. The van der Waals surface area contributed by atoms with Crippen LogP contribution in [0.1, 0.15) is 39.9 Å². The van der Waals surface area contributed by atoms with Gasteiger partial charge < -0.3 is 21.5 Å². The zero-order valence-electron chi connectivity index (χ0n) is 20.2. The van der Waals surface area contributed by atoms with Crippen molar-refractivity contribution in [1.29, 1.82) is 0 Å². The molecule has 7 nitrogen and oxygen atoms in total. The van der Waals surface area contributed by atoms with Crippen LogP contribution in [0.5, 0.6) is 0 Å². The molecule has 0 aromatic heterocycles. The second-order valence-electron chi connectivity index (χ2n) is 8.32. The monoisotopic (exact) mass is 501 g/mol. The highest BCUT2D eigenvalue weighted by molar-refractivity contribution is 5.98. The number of aryl methyl sites for hydroxylation is 1. The van der Waals surface area contributed by atoms with E-state index in [0.29, 0.717) is 36.1 Å². The van der Waals surface area contributed by atoms with E-state index in [1.807, 2.05) is 0 Å². The van der Waals surface area contributed by atoms with Crippen molar-refractivity contribution in [2.24, 2.45) is 5.73 Å². The quantitative estimate of drug-likeness (QED) is 0.318. The molecule has 0 bridgehead atoms. The number of ketones is 1. The lowest BCUT2D eigenvalue weighted by Gasteiger charge is -2.14. The highest BCUT2D eigenvalue weighted by Gasteiger charge is 2.18. The first-order chi connectivity index (χ1) is 17.9. The lowest BCUT2D eigenvalue weighted by Crippen LogP contribution is -2.46. The second-order valence-corrected chi connectivity index (χ2v) is 8.32. The van der Waals surface area contributed by atoms with Gasteiger partial charge in [0, 0.05) is 35.3 Å². The molecule has 0 saturated carbocycles. The van der Waals surface area contributed by atoms with E-state index in [0.717, 1.165) is 11.1 Å². The normalized spacial score (nSPS) is 11.1. The van der Waals surface area contributed by atoms with Crippen molar-refractivity contribution in [3.05, 3.63) is 101 Å². The first-order valence-electron chi connectivity index (χ1n) is 11.8. The lowest BCUT2D eigenvalue weighted by molar-refractivity contribution is -0.123. The van der Waals surface area contributed by atoms with Crippen molar-refractivity contribution >= 4 is 23.3 Å². The van der Waals surface area contributed by atoms with Crippen molar-refractivity contribution in [2.45, 2.75) is 25.3 Å². The van der Waals surface area contributed by atoms with Gasteiger partial charge in [-0.2, -0.15) is 0 Å². The molecule has 0 spiro atoms. The summed E-state index contributed by atoms with van der Waals surface area (Å²) in [5, 5.41) is 14.3. The number of hydrogen-bond acceptors (Lipinski definition) is 5. The Kier molecular flexibility index (Phi) is 10.1. The molecule has 3 aromatic carbocycles. The Bertz CT molecular complexity index is 1280. The fourth-order valence-electron chi connectivity index (χ4n) is 3.44. The molecular formula is C29H28FN3O4. The topological polar surface area (TPSA) is 122 Å². The van der Waals surface area contributed by atoms with E-state index in [2.05, 4.69) is 22.5 Å². The smallest absolute Gasteiger partial charge is 0.251 e. The molecule has 0 fully saturated rings. The minimum atomic E-state index is -0.939. The van der Waals surface area contributed by atoms with Gasteiger partial charge >= 0.3 is 0 Å². The van der Waals surface area contributed by atoms with Gasteiger partial charge in [0.15, 0.2) is 5.78 Å². The minimum absolute atomic E-state index is 0.0939. The van der Waals surface area contributed by atoms with Gasteiger partial charge in [0.1, 0.15) is 18.5 Å². The standard InChI is InChI=1S/C29H28FN3O4/c30-24-14-8-20(9-15-24)2-1-3-28(36)32-25-16-10-22(11-17-25)5-4-21-6-12-23(13-7-21)29(37)33-26(18-31)27(35)19-34/h6-17,26,34H,1-3,18-19,31H2,(H,32,36)(H,33,37)/t26-/m0/s1. The summed E-state index contributed by atoms with van der Waals surface area (Å²) >= 11 is 0. The van der Waals surface area contributed by atoms with Crippen molar-refractivity contribution in [3.8, 4) is 11.8 Å². The number of rotatable bonds is 10. The lowest BCUT2D eigenvalue weighted by atomic mass is 10.1. The van der Waals surface area contributed by atoms with Crippen LogP contribution in [0.4, 0.5) is 10.1 Å². The van der Waals surface area contributed by atoms with Crippen molar-refractivity contribution in [1.82, 2.24) is 5.32 Å². The summed E-state index contributed by atoms with van der Waals surface area (Å²) in [6.45, 7) is -0.794. The van der Waals surface area contributed by atoms with Gasteiger partial charge in [0.05, 0.1) is 0 Å². The fraction of sp³-hybridized carbons (Fsp3) is 0.207. The molecule has 190 valence electrons. The summed E-state index contributed by atoms with van der Waals surface area (Å²) in [4.78, 5) is 36.0. The fourth-order valence-corrected chi connectivity index (χ4v) is 3.44. The van der Waals surface area contributed by atoms with Gasteiger partial charge in [0.25, 0.3) is 5.91 Å². The Hall–Kier alpha value is -4.32. The molecule has 2 amide bonds. The Morgan fingerprint density at radius 2 is 1.49 bits per heavy atom. The number of halogens is 1. The Morgan fingerprint density at radius 1 is 0.892 bits per heavy atom. The first kappa shape index (κ1) is 27.3. The predicted octanol–water partition coefficient (Wildman–Crippen LogP) is 2.81. The van der Waals surface area contributed by atoms with Crippen molar-refractivity contribution in [3.63, 3.8) is 0 Å². The molecule has 1 atom stereocenters. The number of Topliss-reactive ketones (excluding diaryl/α,β-unsaturated/α-hetero) is 1. The number of carbonyl (C=O) groups excluding carboxylic acids is 3. The number of anilines is 1. The molecule has 0 aliphatic rings. The van der Waals surface area contributed by atoms with E-state index in [9.17, 15) is 18.8 Å². The van der Waals surface area contributed by atoms with E-state index in [1.165, 1.54) is 12.1 Å². The zero-order chi connectivity index (χ0) is 26.6. The van der Waals surface area contributed by atoms with Crippen LogP contribution < -0.4 is 16.4 Å². The third-order valence-corrected chi connectivity index (χ3v) is 5.53. The van der Waals surface area contributed by atoms with Crippen LogP contribution >= 0.6 is 0 Å². The average molecular weight is 502 g/mol. The summed E-state index contributed by atoms with van der Waals surface area (Å²) in [6, 6.07) is 19.0. The molecule has 0 aliphatic heterocycles. The Labute approximate surface area is 214 Å². The first-order valence-corrected chi connectivity index (χ1v) is 11.8. The number of amides is 2. The molecular weight excluding hydrogens is 473 g/mol. The molecule has 0 radical (unpaired) electrons. The van der Waals surface area contributed by atoms with Gasteiger partial charge in [0.2, 0.25) is 5.91 Å². The summed E-state index contributed by atoms with van der Waals surface area (Å²) < 4.78 is 13.0. The molecule has 3 rings (SSSR count). The maximum atomic E-state index is 13.0. The zero-order valence-corrected chi connectivity index (χ0v) is 20.2. The molecule has 5 N–H and O–H groups in total. The SMILES string of the molecule is NC[C@H](NC(=O)c1ccc(C#Cc2ccc(NC(=O)CCCc3ccc(F)cc3)cc2)cc1)C(=O)CO. The number of benzene rings is 3. The van der Waals surface area contributed by atoms with Crippen molar-refractivity contribution < 1.29 is 23.9 Å². The van der Waals surface area contributed by atoms with E-state index < -0.39 is 24.3 Å². The molecule has 3 aromatic rings. The van der Waals surface area contributed by atoms with Gasteiger partial charge in [-0.25, -0.2) is 4.39 Å². The summed E-state index contributed by atoms with van der Waals surface area (Å²) in [6.07, 6.45) is 1.72. The van der Waals surface area contributed by atoms with Gasteiger partial charge in [-0.05, 0) is 79.1 Å². The van der Waals surface area contributed by atoms with Crippen LogP contribution in [-0.2, 0) is 16.0 Å². The summed E-state index contributed by atoms with van der Waals surface area (Å²) in [5.41, 5.74) is 8.92.